The zero-order valence-electron chi connectivity index (χ0n) is 12.3. The molecule has 4 heteroatoms. The minimum atomic E-state index is 0.635. The predicted molar refractivity (Wildman–Crippen MR) is 90.3 cm³/mol. The molecule has 1 aromatic rings. The van der Waals surface area contributed by atoms with E-state index < -0.39 is 0 Å². The molecule has 1 unspecified atom stereocenters. The van der Waals surface area contributed by atoms with Gasteiger partial charge in [-0.25, -0.2) is 0 Å². The Bertz CT molecular complexity index is 430. The molecule has 0 amide bonds. The molecule has 0 aromatic heterocycles. The molecule has 0 radical (unpaired) electrons. The molecule has 1 saturated heterocycles. The highest BCUT2D eigenvalue weighted by Gasteiger charge is 2.24. The van der Waals surface area contributed by atoms with Gasteiger partial charge in [-0.1, -0.05) is 41.4 Å². The van der Waals surface area contributed by atoms with Crippen molar-refractivity contribution in [3.05, 3.63) is 33.3 Å². The highest BCUT2D eigenvalue weighted by atomic mass is 79.9. The van der Waals surface area contributed by atoms with Gasteiger partial charge in [-0.3, -0.25) is 4.90 Å². The van der Waals surface area contributed by atoms with Gasteiger partial charge in [0.2, 0.25) is 0 Å². The van der Waals surface area contributed by atoms with Crippen LogP contribution in [0.15, 0.2) is 22.7 Å². The first-order valence-corrected chi connectivity index (χ1v) is 8.63. The second-order valence-electron chi connectivity index (χ2n) is 5.92. The van der Waals surface area contributed by atoms with Gasteiger partial charge in [-0.2, -0.15) is 0 Å². The van der Waals surface area contributed by atoms with E-state index in [1.165, 1.54) is 31.5 Å². The van der Waals surface area contributed by atoms with Crippen LogP contribution in [0.3, 0.4) is 0 Å². The average molecular weight is 360 g/mol. The fourth-order valence-corrected chi connectivity index (χ4v) is 3.47. The van der Waals surface area contributed by atoms with Crippen molar-refractivity contribution in [1.29, 1.82) is 0 Å². The Balaban J connectivity index is 1.88. The number of hydrogen-bond donors (Lipinski definition) is 1. The van der Waals surface area contributed by atoms with Gasteiger partial charge < -0.3 is 5.32 Å². The summed E-state index contributed by atoms with van der Waals surface area (Å²) in [5.74, 6) is 0.684. The van der Waals surface area contributed by atoms with Crippen LogP contribution in [0.2, 0.25) is 5.02 Å². The zero-order chi connectivity index (χ0) is 14.5. The standard InChI is InChI=1S/C16H24BrClN2/c1-12(2)16(20-7-3-4-8-20)11-19-10-13-9-14(18)5-6-15(13)17/h5-6,9,12,16,19H,3-4,7-8,10-11H2,1-2H3. The number of hydrogen-bond acceptors (Lipinski definition) is 2. The lowest BCUT2D eigenvalue weighted by atomic mass is 10.0. The molecule has 0 aliphatic carbocycles. The monoisotopic (exact) mass is 358 g/mol. The van der Waals surface area contributed by atoms with Crippen LogP contribution in [-0.4, -0.2) is 30.6 Å². The maximum atomic E-state index is 6.06. The van der Waals surface area contributed by atoms with Gasteiger partial charge in [0.1, 0.15) is 0 Å². The molecule has 20 heavy (non-hydrogen) atoms. The molecule has 1 heterocycles. The summed E-state index contributed by atoms with van der Waals surface area (Å²) in [5, 5.41) is 4.39. The summed E-state index contributed by atoms with van der Waals surface area (Å²) >= 11 is 9.64. The Hall–Kier alpha value is -0.0900. The van der Waals surface area contributed by atoms with Crippen molar-refractivity contribution in [3.63, 3.8) is 0 Å². The number of rotatable bonds is 6. The normalized spacial score (nSPS) is 17.9. The van der Waals surface area contributed by atoms with Crippen LogP contribution >= 0.6 is 27.5 Å². The molecular weight excluding hydrogens is 336 g/mol. The highest BCUT2D eigenvalue weighted by Crippen LogP contribution is 2.21. The first-order valence-electron chi connectivity index (χ1n) is 7.46. The molecule has 112 valence electrons. The summed E-state index contributed by atoms with van der Waals surface area (Å²) in [7, 11) is 0. The van der Waals surface area contributed by atoms with E-state index in [9.17, 15) is 0 Å². The number of benzene rings is 1. The maximum Gasteiger partial charge on any atom is 0.0410 e. The first kappa shape index (κ1) is 16.3. The van der Waals surface area contributed by atoms with Gasteiger partial charge in [-0.15, -0.1) is 0 Å². The molecule has 1 atom stereocenters. The smallest absolute Gasteiger partial charge is 0.0410 e. The number of nitrogens with one attached hydrogen (secondary N) is 1. The average Bonchev–Trinajstić information content (AvgIpc) is 2.91. The van der Waals surface area contributed by atoms with E-state index in [0.717, 1.165) is 22.6 Å². The summed E-state index contributed by atoms with van der Waals surface area (Å²) in [6, 6.07) is 6.59. The van der Waals surface area contributed by atoms with E-state index in [4.69, 9.17) is 11.6 Å². The summed E-state index contributed by atoms with van der Waals surface area (Å²) < 4.78 is 1.12. The molecule has 0 saturated carbocycles. The Labute approximate surface area is 136 Å². The minimum absolute atomic E-state index is 0.635. The summed E-state index contributed by atoms with van der Waals surface area (Å²) in [4.78, 5) is 2.63. The van der Waals surface area contributed by atoms with Crippen molar-refractivity contribution in [1.82, 2.24) is 10.2 Å². The predicted octanol–water partition coefficient (Wildman–Crippen LogP) is 4.31. The summed E-state index contributed by atoms with van der Waals surface area (Å²) in [6.07, 6.45) is 2.70. The third kappa shape index (κ3) is 4.45. The lowest BCUT2D eigenvalue weighted by Gasteiger charge is -2.31. The van der Waals surface area contributed by atoms with Gasteiger partial charge in [0, 0.05) is 28.6 Å². The Morgan fingerprint density at radius 2 is 2.00 bits per heavy atom. The van der Waals surface area contributed by atoms with E-state index in [-0.39, 0.29) is 0 Å². The number of halogens is 2. The fraction of sp³-hybridized carbons (Fsp3) is 0.625. The topological polar surface area (TPSA) is 15.3 Å². The lowest BCUT2D eigenvalue weighted by molar-refractivity contribution is 0.186. The molecule has 1 aromatic carbocycles. The van der Waals surface area contributed by atoms with Crippen LogP contribution in [0, 0.1) is 5.92 Å². The van der Waals surface area contributed by atoms with Crippen molar-refractivity contribution < 1.29 is 0 Å². The van der Waals surface area contributed by atoms with Crippen molar-refractivity contribution >= 4 is 27.5 Å². The minimum Gasteiger partial charge on any atom is -0.311 e. The molecular formula is C16H24BrClN2. The molecule has 2 rings (SSSR count). The van der Waals surface area contributed by atoms with E-state index in [1.54, 1.807) is 0 Å². The van der Waals surface area contributed by atoms with Crippen molar-refractivity contribution in [2.24, 2.45) is 5.92 Å². The van der Waals surface area contributed by atoms with Crippen LogP contribution < -0.4 is 5.32 Å². The van der Waals surface area contributed by atoms with E-state index in [1.807, 2.05) is 18.2 Å². The molecule has 2 nitrogen and oxygen atoms in total. The van der Waals surface area contributed by atoms with Crippen molar-refractivity contribution in [3.8, 4) is 0 Å². The molecule has 1 N–H and O–H groups in total. The molecule has 0 spiro atoms. The Kier molecular flexibility index (Phi) is 6.34. The third-order valence-corrected chi connectivity index (χ3v) is 5.06. The van der Waals surface area contributed by atoms with E-state index in [2.05, 4.69) is 40.0 Å². The molecule has 1 aliphatic rings. The summed E-state index contributed by atoms with van der Waals surface area (Å²) in [6.45, 7) is 9.05. The van der Waals surface area contributed by atoms with Crippen LogP contribution in [-0.2, 0) is 6.54 Å². The van der Waals surface area contributed by atoms with Gasteiger partial charge >= 0.3 is 0 Å². The third-order valence-electron chi connectivity index (χ3n) is 4.06. The van der Waals surface area contributed by atoms with Gasteiger partial charge in [0.15, 0.2) is 0 Å². The van der Waals surface area contributed by atoms with E-state index >= 15 is 0 Å². The quantitative estimate of drug-likeness (QED) is 0.814. The number of likely N-dealkylation sites (tertiary alicyclic amines) is 1. The Morgan fingerprint density at radius 3 is 2.65 bits per heavy atom. The maximum absolute atomic E-state index is 6.06. The van der Waals surface area contributed by atoms with Crippen LogP contribution in [0.1, 0.15) is 32.3 Å². The van der Waals surface area contributed by atoms with E-state index in [0.29, 0.717) is 12.0 Å². The van der Waals surface area contributed by atoms with Crippen molar-refractivity contribution in [2.45, 2.75) is 39.3 Å². The van der Waals surface area contributed by atoms with Crippen LogP contribution in [0.5, 0.6) is 0 Å². The first-order chi connectivity index (χ1) is 9.58. The highest BCUT2D eigenvalue weighted by molar-refractivity contribution is 9.10. The second kappa shape index (κ2) is 7.79. The lowest BCUT2D eigenvalue weighted by Crippen LogP contribution is -2.44. The van der Waals surface area contributed by atoms with Crippen LogP contribution in [0.25, 0.3) is 0 Å². The zero-order valence-corrected chi connectivity index (χ0v) is 14.7. The van der Waals surface area contributed by atoms with Crippen LogP contribution in [0.4, 0.5) is 0 Å². The van der Waals surface area contributed by atoms with Crippen molar-refractivity contribution in [2.75, 3.05) is 19.6 Å². The SMILES string of the molecule is CC(C)C(CNCc1cc(Cl)ccc1Br)N1CCCC1. The summed E-state index contributed by atoms with van der Waals surface area (Å²) in [5.41, 5.74) is 1.22. The van der Waals surface area contributed by atoms with Gasteiger partial charge in [0.25, 0.3) is 0 Å². The largest absolute Gasteiger partial charge is 0.311 e. The second-order valence-corrected chi connectivity index (χ2v) is 7.21. The molecule has 0 bridgehead atoms. The molecule has 1 fully saturated rings. The van der Waals surface area contributed by atoms with Gasteiger partial charge in [0.05, 0.1) is 0 Å². The van der Waals surface area contributed by atoms with Gasteiger partial charge in [-0.05, 0) is 55.6 Å². The number of nitrogens with zero attached hydrogens (tertiary/aromatic N) is 1. The molecule has 1 aliphatic heterocycles. The Morgan fingerprint density at radius 1 is 1.30 bits per heavy atom. The fourth-order valence-electron chi connectivity index (χ4n) is 2.89.